The van der Waals surface area contributed by atoms with Crippen LogP contribution in [0.2, 0.25) is 0 Å². The Labute approximate surface area is 368 Å². The lowest BCUT2D eigenvalue weighted by atomic mass is 9.47. The molecule has 5 saturated heterocycles. The molecule has 4 aliphatic carbocycles. The molecule has 9 rings (SSSR count). The number of fused-ring (bicyclic) bond motifs is 7. The van der Waals surface area contributed by atoms with Gasteiger partial charge >= 0.3 is 0 Å². The fourth-order valence-electron chi connectivity index (χ4n) is 14.2. The number of aliphatic hydroxyl groups excluding tert-OH is 10. The van der Waals surface area contributed by atoms with Gasteiger partial charge in [-0.25, -0.2) is 0 Å². The molecule has 1 spiro atoms. The maximum absolute atomic E-state index is 12.0. The zero-order chi connectivity index (χ0) is 45.1. The molecule has 63 heavy (non-hydrogen) atoms. The number of allylic oxidation sites excluding steroid dienone is 1. The molecule has 27 atom stereocenters. The van der Waals surface area contributed by atoms with Gasteiger partial charge in [0, 0.05) is 18.4 Å². The van der Waals surface area contributed by atoms with E-state index in [2.05, 4.69) is 26.8 Å². The van der Waals surface area contributed by atoms with E-state index in [1.165, 1.54) is 19.4 Å². The van der Waals surface area contributed by atoms with Crippen molar-refractivity contribution < 1.29 is 89.0 Å². The molecule has 0 unspecified atom stereocenters. The molecule has 0 radical (unpaired) electrons. The first-order valence-corrected chi connectivity index (χ1v) is 23.5. The fraction of sp³-hybridized carbons (Fsp3) is 0.956. The second-order valence-electron chi connectivity index (χ2n) is 21.1. The van der Waals surface area contributed by atoms with E-state index in [4.69, 9.17) is 37.9 Å². The lowest BCUT2D eigenvalue weighted by Gasteiger charge is -2.59. The molecule has 360 valence electrons. The van der Waals surface area contributed by atoms with Crippen molar-refractivity contribution in [1.29, 1.82) is 0 Å². The second-order valence-corrected chi connectivity index (χ2v) is 21.1. The summed E-state index contributed by atoms with van der Waals surface area (Å²) in [4.78, 5) is 0. The Morgan fingerprint density at radius 3 is 1.95 bits per heavy atom. The molecule has 0 aromatic rings. The maximum atomic E-state index is 12.0. The topological polar surface area (TPSA) is 276 Å². The quantitative estimate of drug-likeness (QED) is 0.133. The molecule has 0 amide bonds. The monoisotopic (exact) mass is 900 g/mol. The summed E-state index contributed by atoms with van der Waals surface area (Å²) in [5, 5.41) is 107. The summed E-state index contributed by atoms with van der Waals surface area (Å²) in [5.74, 6) is 0.465. The zero-order valence-electron chi connectivity index (χ0n) is 37.0. The Morgan fingerprint density at radius 2 is 1.33 bits per heavy atom. The van der Waals surface area contributed by atoms with Crippen LogP contribution in [-0.4, -0.2) is 187 Å². The lowest BCUT2D eigenvalue weighted by molar-refractivity contribution is -0.388. The molecule has 10 N–H and O–H groups in total. The highest BCUT2D eigenvalue weighted by atomic mass is 16.8. The van der Waals surface area contributed by atoms with Crippen LogP contribution < -0.4 is 0 Å². The molecule has 3 saturated carbocycles. The van der Waals surface area contributed by atoms with Gasteiger partial charge < -0.3 is 89.0 Å². The van der Waals surface area contributed by atoms with Crippen molar-refractivity contribution in [2.45, 2.75) is 202 Å². The molecule has 18 nitrogen and oxygen atoms in total. The number of hydrogen-bond acceptors (Lipinski definition) is 18. The standard InChI is InChI=1S/C45H72O18/c1-18-30-27(63-45(18)29(48)12-21(15-46)17-56-45)14-26-24-7-6-22-13-23(8-10-43(22,4)25(24)9-11-44(26,30)5)59-42-39(62-41-36(54)34(52)32(50)20(3)58-41)37(55)38(28(16-47)60-42)61-40-35(53)33(51)31(49)19(2)57-40/h6,18-21,23-42,46-55H,7-17H2,1-5H3/t18-,19+,20+,21-,23-,24+,25+,26+,27+,28+,29-,30+,31+,32+,33-,34-,35+,36+,37-,38+,39+,40-,41-,42+,43-,44-,45-/m0/s1. The van der Waals surface area contributed by atoms with Crippen LogP contribution in [0.1, 0.15) is 86.0 Å². The van der Waals surface area contributed by atoms with Gasteiger partial charge in [0.05, 0.1) is 37.6 Å². The minimum absolute atomic E-state index is 0.00738. The molecule has 9 aliphatic rings. The number of aliphatic hydroxyl groups is 10. The third-order valence-electron chi connectivity index (χ3n) is 17.8. The van der Waals surface area contributed by atoms with Gasteiger partial charge in [0.25, 0.3) is 0 Å². The van der Waals surface area contributed by atoms with Gasteiger partial charge in [0.1, 0.15) is 67.1 Å². The van der Waals surface area contributed by atoms with Crippen LogP contribution in [0.15, 0.2) is 11.6 Å². The van der Waals surface area contributed by atoms with Gasteiger partial charge in [-0.05, 0) is 99.7 Å². The van der Waals surface area contributed by atoms with Crippen LogP contribution >= 0.6 is 0 Å². The van der Waals surface area contributed by atoms with E-state index in [0.29, 0.717) is 43.6 Å². The Hall–Kier alpha value is -0.980. The predicted molar refractivity (Wildman–Crippen MR) is 216 cm³/mol. The smallest absolute Gasteiger partial charge is 0.197 e. The third-order valence-corrected chi connectivity index (χ3v) is 17.8. The molecule has 8 fully saturated rings. The first-order chi connectivity index (χ1) is 29.9. The highest BCUT2D eigenvalue weighted by Crippen LogP contribution is 2.70. The summed E-state index contributed by atoms with van der Waals surface area (Å²) in [5.41, 5.74) is 1.23. The number of hydrogen-bond donors (Lipinski definition) is 10. The first-order valence-electron chi connectivity index (χ1n) is 23.5. The lowest BCUT2D eigenvalue weighted by Crippen LogP contribution is -2.66. The summed E-state index contributed by atoms with van der Waals surface area (Å²) in [6.45, 7) is 9.66. The van der Waals surface area contributed by atoms with Gasteiger partial charge in [-0.1, -0.05) is 32.4 Å². The average Bonchev–Trinajstić information content (AvgIpc) is 3.72. The van der Waals surface area contributed by atoms with Crippen LogP contribution in [0.25, 0.3) is 0 Å². The number of ether oxygens (including phenoxy) is 8. The summed E-state index contributed by atoms with van der Waals surface area (Å²) < 4.78 is 49.7. The fourth-order valence-corrected chi connectivity index (χ4v) is 14.2. The molecular formula is C45H72O18. The van der Waals surface area contributed by atoms with Crippen LogP contribution in [0.3, 0.4) is 0 Å². The Morgan fingerprint density at radius 1 is 0.683 bits per heavy atom. The van der Waals surface area contributed by atoms with Gasteiger partial charge in [-0.3, -0.25) is 0 Å². The second kappa shape index (κ2) is 17.5. The molecule has 0 aromatic carbocycles. The summed E-state index contributed by atoms with van der Waals surface area (Å²) in [7, 11) is 0. The number of rotatable bonds is 8. The maximum Gasteiger partial charge on any atom is 0.197 e. The third kappa shape index (κ3) is 7.62. The van der Waals surface area contributed by atoms with Crippen molar-refractivity contribution in [2.24, 2.45) is 46.3 Å². The first kappa shape index (κ1) is 47.1. The van der Waals surface area contributed by atoms with E-state index >= 15 is 0 Å². The van der Waals surface area contributed by atoms with Crippen molar-refractivity contribution in [3.63, 3.8) is 0 Å². The molecular weight excluding hydrogens is 828 g/mol. The molecule has 5 heterocycles. The highest BCUT2D eigenvalue weighted by Gasteiger charge is 2.70. The van der Waals surface area contributed by atoms with Crippen LogP contribution in [0, 0.1) is 46.3 Å². The normalized spacial score (nSPS) is 58.1. The Kier molecular flexibility index (Phi) is 13.1. The highest BCUT2D eigenvalue weighted by molar-refractivity contribution is 5.26. The minimum atomic E-state index is -1.73. The van der Waals surface area contributed by atoms with Crippen molar-refractivity contribution >= 4 is 0 Å². The van der Waals surface area contributed by atoms with Gasteiger partial charge in [-0.15, -0.1) is 0 Å². The van der Waals surface area contributed by atoms with Crippen molar-refractivity contribution in [3.8, 4) is 0 Å². The van der Waals surface area contributed by atoms with Gasteiger partial charge in [-0.2, -0.15) is 0 Å². The van der Waals surface area contributed by atoms with E-state index in [1.807, 2.05) is 0 Å². The van der Waals surface area contributed by atoms with E-state index in [9.17, 15) is 51.1 Å². The average molecular weight is 901 g/mol. The van der Waals surface area contributed by atoms with Crippen molar-refractivity contribution in [1.82, 2.24) is 0 Å². The van der Waals surface area contributed by atoms with E-state index in [0.717, 1.165) is 32.1 Å². The minimum Gasteiger partial charge on any atom is -0.396 e. The molecule has 0 aromatic heterocycles. The van der Waals surface area contributed by atoms with Gasteiger partial charge in [0.2, 0.25) is 0 Å². The Bertz CT molecular complexity index is 1660. The summed E-state index contributed by atoms with van der Waals surface area (Å²) in [6.07, 6.45) is -14.1. The predicted octanol–water partition coefficient (Wildman–Crippen LogP) is -0.815. The van der Waals surface area contributed by atoms with Crippen LogP contribution in [-0.2, 0) is 37.9 Å². The summed E-state index contributed by atoms with van der Waals surface area (Å²) >= 11 is 0. The SMILES string of the molecule is C[C@H]1O[C@@H](O[C@H]2[C@H](O[C@H]3CC[C@@]4(C)C(=CC[C@H]5[C@H]6C[C@H]7O[C@@]8(OC[C@H](CO)C[C@@H]8O)[C@@H](C)[C@H]7[C@@]6(C)CC[C@H]54)C3)O[C@H](CO)[C@@H](O[C@@H]3O[C@H](C)[C@@H](O)[C@H](O)[C@H]3O)[C@@H]2O)[C@H](O)[C@@H](O)[C@@H]1O. The summed E-state index contributed by atoms with van der Waals surface area (Å²) in [6, 6.07) is 0. The molecule has 18 heteroatoms. The molecule has 0 bridgehead atoms. The molecule has 5 aliphatic heterocycles. The van der Waals surface area contributed by atoms with Crippen molar-refractivity contribution in [3.05, 3.63) is 11.6 Å². The van der Waals surface area contributed by atoms with E-state index < -0.39 is 117 Å². The van der Waals surface area contributed by atoms with E-state index in [-0.39, 0.29) is 41.3 Å². The van der Waals surface area contributed by atoms with Crippen LogP contribution in [0.5, 0.6) is 0 Å². The van der Waals surface area contributed by atoms with Crippen LogP contribution in [0.4, 0.5) is 0 Å². The Balaban J connectivity index is 0.913. The van der Waals surface area contributed by atoms with E-state index in [1.54, 1.807) is 0 Å². The zero-order valence-corrected chi connectivity index (χ0v) is 37.0. The van der Waals surface area contributed by atoms with Crippen molar-refractivity contribution in [2.75, 3.05) is 19.8 Å². The largest absolute Gasteiger partial charge is 0.396 e. The van der Waals surface area contributed by atoms with Gasteiger partial charge in [0.15, 0.2) is 24.7 Å².